The predicted octanol–water partition coefficient (Wildman–Crippen LogP) is 3.95. The van der Waals surface area contributed by atoms with Crippen LogP contribution in [0.3, 0.4) is 0 Å². The number of halogens is 1. The van der Waals surface area contributed by atoms with Crippen molar-refractivity contribution < 1.29 is 14.3 Å². The standard InChI is InChI=1S/C19H21BrN2O3/c1-19(2,3)13-4-6-14(7-5-13)24-11-10-22-17(23)12-25-15-8-9-16(20)21-18(15)22/h4-9H,10-12H2,1-3H3. The molecule has 0 saturated carbocycles. The highest BCUT2D eigenvalue weighted by molar-refractivity contribution is 9.10. The highest BCUT2D eigenvalue weighted by Gasteiger charge is 2.27. The maximum atomic E-state index is 12.2. The molecule has 1 aliphatic rings. The van der Waals surface area contributed by atoms with Crippen molar-refractivity contribution in [3.8, 4) is 11.5 Å². The lowest BCUT2D eigenvalue weighted by Gasteiger charge is -2.28. The molecule has 0 fully saturated rings. The number of rotatable bonds is 4. The second-order valence-electron chi connectivity index (χ2n) is 6.91. The largest absolute Gasteiger partial charge is 0.492 e. The molecule has 0 unspecified atom stereocenters. The number of ether oxygens (including phenoxy) is 2. The molecule has 0 aliphatic carbocycles. The molecule has 1 aromatic heterocycles. The summed E-state index contributed by atoms with van der Waals surface area (Å²) in [4.78, 5) is 18.1. The molecule has 132 valence electrons. The van der Waals surface area contributed by atoms with E-state index in [1.165, 1.54) is 5.56 Å². The maximum Gasteiger partial charge on any atom is 0.266 e. The third-order valence-corrected chi connectivity index (χ3v) is 4.46. The molecule has 1 aromatic carbocycles. The third kappa shape index (κ3) is 4.12. The first kappa shape index (κ1) is 17.7. The summed E-state index contributed by atoms with van der Waals surface area (Å²) in [6, 6.07) is 11.7. The average Bonchev–Trinajstić information content (AvgIpc) is 2.56. The van der Waals surface area contributed by atoms with Crippen molar-refractivity contribution in [1.82, 2.24) is 4.98 Å². The number of anilines is 1. The molecule has 0 spiro atoms. The Bertz CT molecular complexity index is 769. The summed E-state index contributed by atoms with van der Waals surface area (Å²) in [5.41, 5.74) is 1.37. The molecule has 6 heteroatoms. The number of fused-ring (bicyclic) bond motifs is 1. The first-order valence-electron chi connectivity index (χ1n) is 8.17. The number of hydrogen-bond acceptors (Lipinski definition) is 4. The Hall–Kier alpha value is -2.08. The van der Waals surface area contributed by atoms with Gasteiger partial charge in [0.25, 0.3) is 5.91 Å². The zero-order valence-corrected chi connectivity index (χ0v) is 16.2. The number of benzene rings is 1. The highest BCUT2D eigenvalue weighted by atomic mass is 79.9. The van der Waals surface area contributed by atoms with E-state index in [9.17, 15) is 4.79 Å². The van der Waals surface area contributed by atoms with Gasteiger partial charge in [-0.05, 0) is 51.2 Å². The van der Waals surface area contributed by atoms with E-state index < -0.39 is 0 Å². The number of hydrogen-bond donors (Lipinski definition) is 0. The molecular formula is C19H21BrN2O3. The van der Waals surface area contributed by atoms with Crippen molar-refractivity contribution in [3.05, 3.63) is 46.6 Å². The van der Waals surface area contributed by atoms with Crippen LogP contribution in [0.5, 0.6) is 11.5 Å². The topological polar surface area (TPSA) is 51.7 Å². The lowest BCUT2D eigenvalue weighted by molar-refractivity contribution is -0.121. The molecular weight excluding hydrogens is 384 g/mol. The SMILES string of the molecule is CC(C)(C)c1ccc(OCCN2C(=O)COc3ccc(Br)nc32)cc1. The van der Waals surface area contributed by atoms with E-state index in [0.29, 0.717) is 29.3 Å². The van der Waals surface area contributed by atoms with Crippen LogP contribution in [-0.2, 0) is 10.2 Å². The molecule has 0 atom stereocenters. The number of pyridine rings is 1. The van der Waals surface area contributed by atoms with Gasteiger partial charge >= 0.3 is 0 Å². The molecule has 0 N–H and O–H groups in total. The molecule has 2 heterocycles. The van der Waals surface area contributed by atoms with Crippen LogP contribution >= 0.6 is 15.9 Å². The second kappa shape index (κ2) is 7.04. The van der Waals surface area contributed by atoms with Gasteiger partial charge in [-0.15, -0.1) is 0 Å². The monoisotopic (exact) mass is 404 g/mol. The van der Waals surface area contributed by atoms with Gasteiger partial charge in [-0.25, -0.2) is 4.98 Å². The van der Waals surface area contributed by atoms with Crippen LogP contribution < -0.4 is 14.4 Å². The van der Waals surface area contributed by atoms with Crippen LogP contribution in [0.25, 0.3) is 0 Å². The summed E-state index contributed by atoms with van der Waals surface area (Å²) in [7, 11) is 0. The normalized spacial score (nSPS) is 14.1. The fraction of sp³-hybridized carbons (Fsp3) is 0.368. The Balaban J connectivity index is 1.64. The molecule has 1 aliphatic heterocycles. The smallest absolute Gasteiger partial charge is 0.266 e. The van der Waals surface area contributed by atoms with E-state index in [2.05, 4.69) is 53.8 Å². The lowest BCUT2D eigenvalue weighted by atomic mass is 9.87. The number of amides is 1. The molecule has 0 bridgehead atoms. The number of carbonyl (C=O) groups is 1. The van der Waals surface area contributed by atoms with E-state index in [1.807, 2.05) is 12.1 Å². The maximum absolute atomic E-state index is 12.2. The first-order chi connectivity index (χ1) is 11.8. The molecule has 5 nitrogen and oxygen atoms in total. The Labute approximate surface area is 156 Å². The van der Waals surface area contributed by atoms with Gasteiger partial charge < -0.3 is 9.47 Å². The molecule has 2 aromatic rings. The summed E-state index contributed by atoms with van der Waals surface area (Å²) in [6.45, 7) is 7.35. The summed E-state index contributed by atoms with van der Waals surface area (Å²) >= 11 is 3.33. The average molecular weight is 405 g/mol. The van der Waals surface area contributed by atoms with Crippen molar-refractivity contribution >= 4 is 27.7 Å². The minimum Gasteiger partial charge on any atom is -0.492 e. The fourth-order valence-electron chi connectivity index (χ4n) is 2.59. The minimum absolute atomic E-state index is 0.0244. The first-order valence-corrected chi connectivity index (χ1v) is 8.97. The van der Waals surface area contributed by atoms with Gasteiger partial charge in [0.05, 0.1) is 6.54 Å². The zero-order chi connectivity index (χ0) is 18.0. The van der Waals surface area contributed by atoms with Crippen molar-refractivity contribution in [2.75, 3.05) is 24.7 Å². The lowest BCUT2D eigenvalue weighted by Crippen LogP contribution is -2.41. The Morgan fingerprint density at radius 2 is 1.92 bits per heavy atom. The van der Waals surface area contributed by atoms with Crippen molar-refractivity contribution in [3.63, 3.8) is 0 Å². The van der Waals surface area contributed by atoms with Gasteiger partial charge in [0.1, 0.15) is 17.0 Å². The van der Waals surface area contributed by atoms with E-state index in [4.69, 9.17) is 9.47 Å². The Morgan fingerprint density at radius 1 is 1.20 bits per heavy atom. The summed E-state index contributed by atoms with van der Waals surface area (Å²) in [5, 5.41) is 0. The predicted molar refractivity (Wildman–Crippen MR) is 100 cm³/mol. The molecule has 25 heavy (non-hydrogen) atoms. The van der Waals surface area contributed by atoms with Crippen LogP contribution in [0.1, 0.15) is 26.3 Å². The number of carbonyl (C=O) groups excluding carboxylic acids is 1. The van der Waals surface area contributed by atoms with Gasteiger partial charge in [0.15, 0.2) is 18.2 Å². The van der Waals surface area contributed by atoms with Gasteiger partial charge in [-0.3, -0.25) is 9.69 Å². The molecule has 1 amide bonds. The molecule has 0 saturated heterocycles. The van der Waals surface area contributed by atoms with Gasteiger partial charge in [0.2, 0.25) is 0 Å². The zero-order valence-electron chi connectivity index (χ0n) is 14.6. The second-order valence-corrected chi connectivity index (χ2v) is 7.73. The molecule has 3 rings (SSSR count). The van der Waals surface area contributed by atoms with Crippen molar-refractivity contribution in [2.24, 2.45) is 0 Å². The number of nitrogens with zero attached hydrogens (tertiary/aromatic N) is 2. The minimum atomic E-state index is -0.121. The molecule has 0 radical (unpaired) electrons. The highest BCUT2D eigenvalue weighted by Crippen LogP contribution is 2.31. The van der Waals surface area contributed by atoms with Crippen molar-refractivity contribution in [1.29, 1.82) is 0 Å². The summed E-state index contributed by atoms with van der Waals surface area (Å²) in [5.74, 6) is 1.80. The van der Waals surface area contributed by atoms with Gasteiger partial charge in [-0.1, -0.05) is 32.9 Å². The van der Waals surface area contributed by atoms with E-state index >= 15 is 0 Å². The third-order valence-electron chi connectivity index (χ3n) is 4.02. The number of aromatic nitrogens is 1. The fourth-order valence-corrected chi connectivity index (χ4v) is 2.89. The summed E-state index contributed by atoms with van der Waals surface area (Å²) < 4.78 is 11.9. The summed E-state index contributed by atoms with van der Waals surface area (Å²) in [6.07, 6.45) is 0. The van der Waals surface area contributed by atoms with E-state index in [0.717, 1.165) is 5.75 Å². The van der Waals surface area contributed by atoms with E-state index in [1.54, 1.807) is 17.0 Å². The van der Waals surface area contributed by atoms with E-state index in [-0.39, 0.29) is 17.9 Å². The van der Waals surface area contributed by atoms with Crippen LogP contribution in [0, 0.1) is 0 Å². The Kier molecular flexibility index (Phi) is 4.99. The van der Waals surface area contributed by atoms with Gasteiger partial charge in [-0.2, -0.15) is 0 Å². The van der Waals surface area contributed by atoms with Crippen LogP contribution in [0.4, 0.5) is 5.82 Å². The van der Waals surface area contributed by atoms with Crippen LogP contribution in [-0.4, -0.2) is 30.6 Å². The van der Waals surface area contributed by atoms with Gasteiger partial charge in [0, 0.05) is 0 Å². The quantitative estimate of drug-likeness (QED) is 0.723. The van der Waals surface area contributed by atoms with Crippen LogP contribution in [0.15, 0.2) is 41.0 Å². The Morgan fingerprint density at radius 3 is 2.60 bits per heavy atom. The van der Waals surface area contributed by atoms with Crippen molar-refractivity contribution in [2.45, 2.75) is 26.2 Å². The van der Waals surface area contributed by atoms with Crippen LogP contribution in [0.2, 0.25) is 0 Å².